The highest BCUT2D eigenvalue weighted by atomic mass is 16.5. The second-order valence-electron chi connectivity index (χ2n) is 6.19. The summed E-state index contributed by atoms with van der Waals surface area (Å²) in [7, 11) is 0. The topological polar surface area (TPSA) is 69.9 Å². The third-order valence-corrected chi connectivity index (χ3v) is 4.40. The van der Waals surface area contributed by atoms with Gasteiger partial charge in [0.05, 0.1) is 17.6 Å². The number of aromatic nitrogens is 4. The first-order valence-corrected chi connectivity index (χ1v) is 8.00. The van der Waals surface area contributed by atoms with E-state index in [4.69, 9.17) is 4.74 Å². The zero-order chi connectivity index (χ0) is 16.8. The lowest BCUT2D eigenvalue weighted by molar-refractivity contribution is 0.202. The molecule has 0 bridgehead atoms. The van der Waals surface area contributed by atoms with Crippen molar-refractivity contribution in [3.05, 3.63) is 57.4 Å². The summed E-state index contributed by atoms with van der Waals surface area (Å²) in [5.41, 5.74) is 4.05. The molecule has 122 valence electrons. The van der Waals surface area contributed by atoms with Crippen LogP contribution in [0.5, 0.6) is 5.88 Å². The number of para-hydroxylation sites is 2. The molecule has 6 heteroatoms. The third-order valence-electron chi connectivity index (χ3n) is 4.40. The van der Waals surface area contributed by atoms with Gasteiger partial charge in [0.1, 0.15) is 17.6 Å². The van der Waals surface area contributed by atoms with Crippen LogP contribution in [0.25, 0.3) is 11.0 Å². The van der Waals surface area contributed by atoms with Crippen molar-refractivity contribution in [2.75, 3.05) is 0 Å². The van der Waals surface area contributed by atoms with Gasteiger partial charge in [0.15, 0.2) is 0 Å². The van der Waals surface area contributed by atoms with Crippen molar-refractivity contribution in [3.8, 4) is 5.88 Å². The number of hydrogen-bond acceptors (Lipinski definition) is 5. The summed E-state index contributed by atoms with van der Waals surface area (Å²) in [4.78, 5) is 25.7. The molecule has 3 heterocycles. The van der Waals surface area contributed by atoms with Crippen LogP contribution in [0.1, 0.15) is 22.8 Å². The van der Waals surface area contributed by atoms with Gasteiger partial charge in [-0.1, -0.05) is 12.1 Å². The molecule has 0 saturated carbocycles. The SMILES string of the molecule is Cc1nc(C)c2c(n1)OC(Cn1c(=O)c(C)nc3ccccc31)C2. The molecule has 0 N–H and O–H groups in total. The Balaban J connectivity index is 1.73. The van der Waals surface area contributed by atoms with E-state index in [1.807, 2.05) is 38.1 Å². The standard InChI is InChI=1S/C18H18N4O2/c1-10-14-8-13(24-17(14)21-12(3)19-10)9-22-16-7-5-4-6-15(16)20-11(2)18(22)23/h4-7,13H,8-9H2,1-3H3. The fraction of sp³-hybridized carbons (Fsp3) is 0.333. The van der Waals surface area contributed by atoms with Crippen LogP contribution in [-0.4, -0.2) is 25.6 Å². The second kappa shape index (κ2) is 5.40. The Kier molecular flexibility index (Phi) is 3.33. The summed E-state index contributed by atoms with van der Waals surface area (Å²) in [6.07, 6.45) is 0.585. The lowest BCUT2D eigenvalue weighted by atomic mass is 10.1. The molecular formula is C18H18N4O2. The molecule has 0 spiro atoms. The van der Waals surface area contributed by atoms with Crippen molar-refractivity contribution < 1.29 is 4.74 Å². The van der Waals surface area contributed by atoms with E-state index in [0.29, 0.717) is 30.4 Å². The molecule has 1 aromatic carbocycles. The van der Waals surface area contributed by atoms with Crippen molar-refractivity contribution in [1.29, 1.82) is 0 Å². The summed E-state index contributed by atoms with van der Waals surface area (Å²) < 4.78 is 7.74. The summed E-state index contributed by atoms with van der Waals surface area (Å²) >= 11 is 0. The number of fused-ring (bicyclic) bond motifs is 2. The number of hydrogen-bond donors (Lipinski definition) is 0. The number of rotatable bonds is 2. The van der Waals surface area contributed by atoms with Gasteiger partial charge >= 0.3 is 0 Å². The van der Waals surface area contributed by atoms with E-state index in [0.717, 1.165) is 22.3 Å². The summed E-state index contributed by atoms with van der Waals surface area (Å²) in [5.74, 6) is 1.35. The molecule has 0 fully saturated rings. The Morgan fingerprint density at radius 1 is 1.12 bits per heavy atom. The molecule has 0 radical (unpaired) electrons. The van der Waals surface area contributed by atoms with Crippen molar-refractivity contribution in [3.63, 3.8) is 0 Å². The average molecular weight is 322 g/mol. The molecule has 1 aliphatic rings. The van der Waals surface area contributed by atoms with Gasteiger partial charge in [-0.05, 0) is 32.9 Å². The minimum Gasteiger partial charge on any atom is -0.472 e. The summed E-state index contributed by atoms with van der Waals surface area (Å²) in [5, 5.41) is 0. The highest BCUT2D eigenvalue weighted by Crippen LogP contribution is 2.29. The van der Waals surface area contributed by atoms with E-state index in [2.05, 4.69) is 15.0 Å². The Bertz CT molecular complexity index is 1010. The summed E-state index contributed by atoms with van der Waals surface area (Å²) in [6, 6.07) is 7.67. The van der Waals surface area contributed by atoms with Gasteiger partial charge in [0.25, 0.3) is 5.56 Å². The minimum atomic E-state index is -0.127. The Hall–Kier alpha value is -2.76. The van der Waals surface area contributed by atoms with E-state index in [1.165, 1.54) is 0 Å². The van der Waals surface area contributed by atoms with Crippen molar-refractivity contribution >= 4 is 11.0 Å². The first-order valence-electron chi connectivity index (χ1n) is 8.00. The van der Waals surface area contributed by atoms with E-state index < -0.39 is 0 Å². The molecule has 6 nitrogen and oxygen atoms in total. The molecule has 3 aromatic rings. The van der Waals surface area contributed by atoms with Gasteiger partial charge in [-0.25, -0.2) is 9.97 Å². The predicted molar refractivity (Wildman–Crippen MR) is 90.4 cm³/mol. The lowest BCUT2D eigenvalue weighted by Gasteiger charge is -2.15. The normalized spacial score (nSPS) is 16.2. The number of aryl methyl sites for hydroxylation is 3. The van der Waals surface area contributed by atoms with Crippen molar-refractivity contribution in [1.82, 2.24) is 19.5 Å². The van der Waals surface area contributed by atoms with Gasteiger partial charge in [-0.2, -0.15) is 4.98 Å². The fourth-order valence-electron chi connectivity index (χ4n) is 3.27. The number of ether oxygens (including phenoxy) is 1. The van der Waals surface area contributed by atoms with Crippen LogP contribution in [0, 0.1) is 20.8 Å². The van der Waals surface area contributed by atoms with Crippen LogP contribution in [0.15, 0.2) is 29.1 Å². The fourth-order valence-corrected chi connectivity index (χ4v) is 3.27. The van der Waals surface area contributed by atoms with Gasteiger partial charge in [-0.15, -0.1) is 0 Å². The molecule has 4 rings (SSSR count). The van der Waals surface area contributed by atoms with Crippen LogP contribution in [-0.2, 0) is 13.0 Å². The zero-order valence-electron chi connectivity index (χ0n) is 13.9. The highest BCUT2D eigenvalue weighted by molar-refractivity contribution is 5.74. The van der Waals surface area contributed by atoms with Crippen molar-refractivity contribution in [2.24, 2.45) is 0 Å². The van der Waals surface area contributed by atoms with E-state index in [9.17, 15) is 4.79 Å². The molecule has 24 heavy (non-hydrogen) atoms. The first-order chi connectivity index (χ1) is 11.5. The predicted octanol–water partition coefficient (Wildman–Crippen LogP) is 2.12. The maximum Gasteiger partial charge on any atom is 0.272 e. The number of nitrogens with zero attached hydrogens (tertiary/aromatic N) is 4. The zero-order valence-corrected chi connectivity index (χ0v) is 13.9. The molecule has 1 atom stereocenters. The van der Waals surface area contributed by atoms with E-state index in [-0.39, 0.29) is 11.7 Å². The Morgan fingerprint density at radius 3 is 2.75 bits per heavy atom. The van der Waals surface area contributed by atoms with E-state index in [1.54, 1.807) is 11.5 Å². The van der Waals surface area contributed by atoms with Crippen LogP contribution < -0.4 is 10.3 Å². The van der Waals surface area contributed by atoms with Gasteiger partial charge in [-0.3, -0.25) is 4.79 Å². The Morgan fingerprint density at radius 2 is 1.92 bits per heavy atom. The Labute approximate surface area is 139 Å². The molecule has 0 saturated heterocycles. The molecule has 2 aromatic heterocycles. The van der Waals surface area contributed by atoms with Gasteiger partial charge < -0.3 is 9.30 Å². The second-order valence-corrected chi connectivity index (χ2v) is 6.19. The third kappa shape index (κ3) is 2.35. The quantitative estimate of drug-likeness (QED) is 0.723. The highest BCUT2D eigenvalue weighted by Gasteiger charge is 2.28. The summed E-state index contributed by atoms with van der Waals surface area (Å²) in [6.45, 7) is 6.04. The molecule has 0 amide bonds. The van der Waals surface area contributed by atoms with Crippen LogP contribution >= 0.6 is 0 Å². The van der Waals surface area contributed by atoms with Gasteiger partial charge in [0.2, 0.25) is 5.88 Å². The van der Waals surface area contributed by atoms with E-state index >= 15 is 0 Å². The maximum absolute atomic E-state index is 12.6. The molecule has 1 unspecified atom stereocenters. The number of benzene rings is 1. The van der Waals surface area contributed by atoms with Gasteiger partial charge in [0, 0.05) is 17.7 Å². The largest absolute Gasteiger partial charge is 0.472 e. The average Bonchev–Trinajstić information content (AvgIpc) is 2.94. The first kappa shape index (κ1) is 14.8. The maximum atomic E-state index is 12.6. The van der Waals surface area contributed by atoms with Crippen LogP contribution in [0.3, 0.4) is 0 Å². The lowest BCUT2D eigenvalue weighted by Crippen LogP contribution is -2.31. The van der Waals surface area contributed by atoms with Crippen LogP contribution in [0.2, 0.25) is 0 Å². The molecule has 0 aliphatic carbocycles. The molecular weight excluding hydrogens is 304 g/mol. The molecule has 1 aliphatic heterocycles. The van der Waals surface area contributed by atoms with Crippen molar-refractivity contribution in [2.45, 2.75) is 39.8 Å². The minimum absolute atomic E-state index is 0.0766. The monoisotopic (exact) mass is 322 g/mol. The van der Waals surface area contributed by atoms with Crippen LogP contribution in [0.4, 0.5) is 0 Å². The smallest absolute Gasteiger partial charge is 0.272 e.